The molecular weight excluding hydrogens is 268 g/mol. The number of amides is 1. The summed E-state index contributed by atoms with van der Waals surface area (Å²) in [7, 11) is 0. The maximum absolute atomic E-state index is 12.6. The Kier molecular flexibility index (Phi) is 4.96. The zero-order chi connectivity index (χ0) is 15.4. The van der Waals surface area contributed by atoms with Crippen LogP contribution in [0.5, 0.6) is 0 Å². The second-order valence-corrected chi connectivity index (χ2v) is 5.62. The van der Waals surface area contributed by atoms with Gasteiger partial charge in [0.25, 0.3) is 0 Å². The van der Waals surface area contributed by atoms with Gasteiger partial charge in [0.15, 0.2) is 0 Å². The molecule has 1 aliphatic rings. The lowest BCUT2D eigenvalue weighted by molar-refractivity contribution is -0.150. The van der Waals surface area contributed by atoms with E-state index in [1.165, 1.54) is 4.90 Å². The summed E-state index contributed by atoms with van der Waals surface area (Å²) in [6, 6.07) is 5.90. The van der Waals surface area contributed by atoms with Gasteiger partial charge in [-0.25, -0.2) is 4.79 Å². The van der Waals surface area contributed by atoms with Crippen LogP contribution in [-0.2, 0) is 9.59 Å². The molecule has 1 saturated heterocycles. The number of carbonyl (C=O) groups is 2. The zero-order valence-corrected chi connectivity index (χ0v) is 12.3. The van der Waals surface area contributed by atoms with E-state index >= 15 is 0 Å². The minimum absolute atomic E-state index is 0.298. The highest BCUT2D eigenvalue weighted by molar-refractivity contribution is 5.87. The lowest BCUT2D eigenvalue weighted by atomic mass is 10.0. The molecule has 0 aromatic heterocycles. The number of benzene rings is 1. The Morgan fingerprint density at radius 1 is 1.24 bits per heavy atom. The van der Waals surface area contributed by atoms with Crippen molar-refractivity contribution in [3.8, 4) is 0 Å². The van der Waals surface area contributed by atoms with Gasteiger partial charge in [-0.15, -0.1) is 0 Å². The van der Waals surface area contributed by atoms with E-state index in [2.05, 4.69) is 0 Å². The van der Waals surface area contributed by atoms with Crippen LogP contribution in [-0.4, -0.2) is 34.5 Å². The summed E-state index contributed by atoms with van der Waals surface area (Å²) in [6.45, 7) is 2.43. The Labute approximate surface area is 124 Å². The molecule has 5 heteroatoms. The first-order valence-electron chi connectivity index (χ1n) is 7.36. The summed E-state index contributed by atoms with van der Waals surface area (Å²) in [5, 5.41) is 9.34. The van der Waals surface area contributed by atoms with Gasteiger partial charge in [-0.1, -0.05) is 42.7 Å². The minimum atomic E-state index is -0.943. The van der Waals surface area contributed by atoms with Crippen LogP contribution in [0.15, 0.2) is 24.3 Å². The molecule has 1 amide bonds. The van der Waals surface area contributed by atoms with E-state index in [4.69, 9.17) is 5.73 Å². The van der Waals surface area contributed by atoms with Gasteiger partial charge >= 0.3 is 5.97 Å². The monoisotopic (exact) mass is 290 g/mol. The average Bonchev–Trinajstić information content (AvgIpc) is 2.72. The number of carboxylic acids is 1. The number of nitrogens with two attached hydrogens (primary N) is 1. The number of aryl methyl sites for hydroxylation is 1. The van der Waals surface area contributed by atoms with Crippen LogP contribution < -0.4 is 5.73 Å². The molecule has 21 heavy (non-hydrogen) atoms. The summed E-state index contributed by atoms with van der Waals surface area (Å²) in [5.74, 6) is -1.24. The first-order valence-corrected chi connectivity index (χ1v) is 7.36. The maximum atomic E-state index is 12.6. The van der Waals surface area contributed by atoms with E-state index < -0.39 is 18.1 Å². The predicted molar refractivity (Wildman–Crippen MR) is 79.7 cm³/mol. The number of carbonyl (C=O) groups excluding carboxylic acids is 1. The van der Waals surface area contributed by atoms with Crippen LogP contribution in [0.1, 0.15) is 42.9 Å². The summed E-state index contributed by atoms with van der Waals surface area (Å²) in [5.41, 5.74) is 7.86. The Bertz CT molecular complexity index is 513. The molecule has 2 atom stereocenters. The largest absolute Gasteiger partial charge is 0.480 e. The van der Waals surface area contributed by atoms with Gasteiger partial charge in [0.1, 0.15) is 12.1 Å². The SMILES string of the molecule is Cc1ccc(C(N)C(=O)N2CCCCCC2C(=O)O)cc1. The highest BCUT2D eigenvalue weighted by atomic mass is 16.4. The van der Waals surface area contributed by atoms with Crippen LogP contribution >= 0.6 is 0 Å². The Morgan fingerprint density at radius 2 is 1.90 bits per heavy atom. The maximum Gasteiger partial charge on any atom is 0.326 e. The van der Waals surface area contributed by atoms with E-state index in [0.717, 1.165) is 30.4 Å². The number of aliphatic carboxylic acids is 1. The summed E-state index contributed by atoms with van der Waals surface area (Å²) in [4.78, 5) is 25.4. The predicted octanol–water partition coefficient (Wildman–Crippen LogP) is 1.85. The second kappa shape index (κ2) is 6.72. The molecule has 1 aromatic rings. The third kappa shape index (κ3) is 3.61. The van der Waals surface area contributed by atoms with Gasteiger partial charge in [-0.2, -0.15) is 0 Å². The molecule has 2 unspecified atom stereocenters. The van der Waals surface area contributed by atoms with Crippen molar-refractivity contribution in [1.82, 2.24) is 4.90 Å². The highest BCUT2D eigenvalue weighted by Crippen LogP contribution is 2.22. The van der Waals surface area contributed by atoms with Gasteiger partial charge in [-0.05, 0) is 25.3 Å². The van der Waals surface area contributed by atoms with Crippen LogP contribution in [0.2, 0.25) is 0 Å². The lowest BCUT2D eigenvalue weighted by Gasteiger charge is -2.29. The Balaban J connectivity index is 2.19. The van der Waals surface area contributed by atoms with Crippen molar-refractivity contribution in [3.63, 3.8) is 0 Å². The van der Waals surface area contributed by atoms with Crippen molar-refractivity contribution < 1.29 is 14.7 Å². The Morgan fingerprint density at radius 3 is 2.52 bits per heavy atom. The molecule has 114 valence electrons. The van der Waals surface area contributed by atoms with Gasteiger partial charge in [0, 0.05) is 6.54 Å². The van der Waals surface area contributed by atoms with Crippen molar-refractivity contribution >= 4 is 11.9 Å². The quantitative estimate of drug-likeness (QED) is 0.890. The molecule has 0 aliphatic carbocycles. The molecule has 1 aliphatic heterocycles. The molecule has 1 aromatic carbocycles. The third-order valence-corrected chi connectivity index (χ3v) is 4.02. The van der Waals surface area contributed by atoms with Crippen molar-refractivity contribution in [2.75, 3.05) is 6.54 Å². The number of carboxylic acid groups (broad SMARTS) is 1. The molecule has 0 saturated carbocycles. The summed E-state index contributed by atoms with van der Waals surface area (Å²) < 4.78 is 0. The second-order valence-electron chi connectivity index (χ2n) is 5.62. The van der Waals surface area contributed by atoms with E-state index in [0.29, 0.717) is 13.0 Å². The van der Waals surface area contributed by atoms with Crippen molar-refractivity contribution in [1.29, 1.82) is 0 Å². The van der Waals surface area contributed by atoms with E-state index in [1.54, 1.807) is 0 Å². The van der Waals surface area contributed by atoms with E-state index in [9.17, 15) is 14.7 Å². The molecule has 1 fully saturated rings. The van der Waals surface area contributed by atoms with E-state index in [-0.39, 0.29) is 5.91 Å². The molecular formula is C16H22N2O3. The van der Waals surface area contributed by atoms with Crippen LogP contribution in [0.3, 0.4) is 0 Å². The topological polar surface area (TPSA) is 83.6 Å². The van der Waals surface area contributed by atoms with Crippen LogP contribution in [0, 0.1) is 6.92 Å². The molecule has 0 radical (unpaired) electrons. The van der Waals surface area contributed by atoms with Crippen molar-refractivity contribution in [2.45, 2.75) is 44.7 Å². The fourth-order valence-corrected chi connectivity index (χ4v) is 2.72. The van der Waals surface area contributed by atoms with E-state index in [1.807, 2.05) is 31.2 Å². The lowest BCUT2D eigenvalue weighted by Crippen LogP contribution is -2.48. The smallest absolute Gasteiger partial charge is 0.326 e. The van der Waals surface area contributed by atoms with Crippen LogP contribution in [0.25, 0.3) is 0 Å². The fourth-order valence-electron chi connectivity index (χ4n) is 2.72. The van der Waals surface area contributed by atoms with Crippen molar-refractivity contribution in [3.05, 3.63) is 35.4 Å². The number of rotatable bonds is 3. The molecule has 1 heterocycles. The van der Waals surface area contributed by atoms with Gasteiger partial charge in [0.2, 0.25) is 5.91 Å². The number of nitrogens with zero attached hydrogens (tertiary/aromatic N) is 1. The zero-order valence-electron chi connectivity index (χ0n) is 12.3. The molecule has 2 rings (SSSR count). The average molecular weight is 290 g/mol. The molecule has 0 spiro atoms. The minimum Gasteiger partial charge on any atom is -0.480 e. The first-order chi connectivity index (χ1) is 10.0. The van der Waals surface area contributed by atoms with Gasteiger partial charge in [0.05, 0.1) is 0 Å². The fraction of sp³-hybridized carbons (Fsp3) is 0.500. The standard InChI is InChI=1S/C16H22N2O3/c1-11-6-8-12(9-7-11)14(17)15(19)18-10-4-2-3-5-13(18)16(20)21/h6-9,13-14H,2-5,10,17H2,1H3,(H,20,21). The van der Waals surface area contributed by atoms with Gasteiger partial charge < -0.3 is 15.7 Å². The summed E-state index contributed by atoms with van der Waals surface area (Å²) >= 11 is 0. The third-order valence-electron chi connectivity index (χ3n) is 4.02. The highest BCUT2D eigenvalue weighted by Gasteiger charge is 2.33. The normalized spacial score (nSPS) is 20.7. The summed E-state index contributed by atoms with van der Waals surface area (Å²) in [6.07, 6.45) is 3.12. The Hall–Kier alpha value is -1.88. The van der Waals surface area contributed by atoms with Crippen LogP contribution in [0.4, 0.5) is 0 Å². The van der Waals surface area contributed by atoms with Crippen molar-refractivity contribution in [2.24, 2.45) is 5.73 Å². The number of hydrogen-bond donors (Lipinski definition) is 2. The van der Waals surface area contributed by atoms with Gasteiger partial charge in [-0.3, -0.25) is 4.79 Å². The molecule has 3 N–H and O–H groups in total. The number of likely N-dealkylation sites (tertiary alicyclic amines) is 1. The molecule has 5 nitrogen and oxygen atoms in total. The molecule has 0 bridgehead atoms. The number of hydrogen-bond acceptors (Lipinski definition) is 3. The first kappa shape index (κ1) is 15.5.